The number of piperazine rings is 1. The molecule has 2 N–H and O–H groups in total. The quantitative estimate of drug-likeness (QED) is 0.791. The van der Waals surface area contributed by atoms with E-state index < -0.39 is 5.97 Å². The molecule has 1 amide bonds. The number of hydrogen-bond donors (Lipinski definition) is 2. The highest BCUT2D eigenvalue weighted by molar-refractivity contribution is 5.92. The van der Waals surface area contributed by atoms with Gasteiger partial charge in [0.15, 0.2) is 0 Å². The van der Waals surface area contributed by atoms with E-state index in [0.717, 1.165) is 64.7 Å². The van der Waals surface area contributed by atoms with Crippen LogP contribution in [0.4, 0.5) is 11.4 Å². The van der Waals surface area contributed by atoms with Crippen LogP contribution in [-0.2, 0) is 9.59 Å². The maximum absolute atomic E-state index is 12.6. The number of rotatable bonds is 3. The van der Waals surface area contributed by atoms with Crippen molar-refractivity contribution < 1.29 is 14.7 Å². The predicted octanol–water partition coefficient (Wildman–Crippen LogP) is 1.30. The van der Waals surface area contributed by atoms with Crippen molar-refractivity contribution in [3.63, 3.8) is 0 Å². The summed E-state index contributed by atoms with van der Waals surface area (Å²) in [7, 11) is 0. The summed E-state index contributed by atoms with van der Waals surface area (Å²) in [6.07, 6.45) is 1.89. The fourth-order valence-electron chi connectivity index (χ4n) is 3.74. The van der Waals surface area contributed by atoms with Crippen LogP contribution in [-0.4, -0.2) is 61.6 Å². The first-order chi connectivity index (χ1) is 13.7. The normalized spacial score (nSPS) is 18.6. The van der Waals surface area contributed by atoms with E-state index in [0.29, 0.717) is 0 Å². The van der Waals surface area contributed by atoms with Gasteiger partial charge in [-0.1, -0.05) is 0 Å². The molecule has 2 aliphatic rings. The maximum Gasteiger partial charge on any atom is 0.227 e. The van der Waals surface area contributed by atoms with Gasteiger partial charge in [0.05, 0.1) is 0 Å². The van der Waals surface area contributed by atoms with Crippen LogP contribution in [0, 0.1) is 5.92 Å². The third-order valence-corrected chi connectivity index (χ3v) is 5.43. The van der Waals surface area contributed by atoms with Crippen LogP contribution in [0.5, 0.6) is 0 Å². The zero-order valence-electron chi connectivity index (χ0n) is 18.2. The average molecular weight is 404 g/mol. The minimum absolute atomic E-state index is 0.131. The van der Waals surface area contributed by atoms with Crippen molar-refractivity contribution in [2.75, 3.05) is 49.5 Å². The van der Waals surface area contributed by atoms with Crippen LogP contribution in [0.25, 0.3) is 0 Å². The zero-order chi connectivity index (χ0) is 21.4. The third kappa shape index (κ3) is 7.66. The Bertz CT molecular complexity index is 652. The molecular weight excluding hydrogens is 368 g/mol. The molecule has 1 aromatic carbocycles. The largest absolute Gasteiger partial charge is 0.550 e. The molecule has 1 aromatic rings. The SMILES string of the molecule is CC(=O)[O-].CC(C)(C)N1CCC(C(=O)Nc2ccc(N3CCNCC3)cc2)CC1. The molecule has 0 bridgehead atoms. The highest BCUT2D eigenvalue weighted by Crippen LogP contribution is 2.25. The van der Waals surface area contributed by atoms with Crippen LogP contribution in [0.1, 0.15) is 40.5 Å². The van der Waals surface area contributed by atoms with Crippen molar-refractivity contribution >= 4 is 23.3 Å². The van der Waals surface area contributed by atoms with E-state index in [1.165, 1.54) is 5.69 Å². The van der Waals surface area contributed by atoms with Gasteiger partial charge in [-0.2, -0.15) is 0 Å². The molecule has 7 nitrogen and oxygen atoms in total. The van der Waals surface area contributed by atoms with Crippen molar-refractivity contribution in [3.8, 4) is 0 Å². The molecule has 2 aliphatic heterocycles. The molecule has 29 heavy (non-hydrogen) atoms. The second-order valence-electron chi connectivity index (χ2n) is 8.70. The molecule has 2 fully saturated rings. The summed E-state index contributed by atoms with van der Waals surface area (Å²) in [6.45, 7) is 13.9. The minimum atomic E-state index is -1.08. The zero-order valence-corrected chi connectivity index (χ0v) is 18.2. The molecule has 0 unspecified atom stereocenters. The molecule has 0 radical (unpaired) electrons. The van der Waals surface area contributed by atoms with Crippen LogP contribution in [0.15, 0.2) is 24.3 Å². The van der Waals surface area contributed by atoms with Crippen molar-refractivity contribution in [2.45, 2.75) is 46.1 Å². The van der Waals surface area contributed by atoms with Crippen molar-refractivity contribution in [2.24, 2.45) is 5.92 Å². The number of anilines is 2. The molecule has 0 atom stereocenters. The van der Waals surface area contributed by atoms with Gasteiger partial charge >= 0.3 is 0 Å². The fourth-order valence-corrected chi connectivity index (χ4v) is 3.74. The Morgan fingerprint density at radius 1 is 1.03 bits per heavy atom. The first-order valence-corrected chi connectivity index (χ1v) is 10.5. The summed E-state index contributed by atoms with van der Waals surface area (Å²) in [4.78, 5) is 26.3. The number of amides is 1. The molecule has 0 spiro atoms. The lowest BCUT2D eigenvalue weighted by atomic mass is 9.92. The number of hydrogen-bond acceptors (Lipinski definition) is 6. The van der Waals surface area contributed by atoms with Gasteiger partial charge in [-0.3, -0.25) is 9.69 Å². The van der Waals surface area contributed by atoms with Gasteiger partial charge in [0.2, 0.25) is 5.91 Å². The molecule has 7 heteroatoms. The van der Waals surface area contributed by atoms with Crippen molar-refractivity contribution in [3.05, 3.63) is 24.3 Å². The molecule has 0 saturated carbocycles. The lowest BCUT2D eigenvalue weighted by Gasteiger charge is -2.40. The first-order valence-electron chi connectivity index (χ1n) is 10.5. The summed E-state index contributed by atoms with van der Waals surface area (Å²) in [5, 5.41) is 15.4. The second kappa shape index (κ2) is 10.6. The second-order valence-corrected chi connectivity index (χ2v) is 8.70. The van der Waals surface area contributed by atoms with E-state index in [4.69, 9.17) is 9.90 Å². The number of nitrogens with zero attached hydrogens (tertiary/aromatic N) is 2. The Kier molecular flexibility index (Phi) is 8.46. The molecule has 162 valence electrons. The van der Waals surface area contributed by atoms with Crippen LogP contribution in [0.3, 0.4) is 0 Å². The van der Waals surface area contributed by atoms with Gasteiger partial charge in [0.1, 0.15) is 0 Å². The van der Waals surface area contributed by atoms with Crippen molar-refractivity contribution in [1.29, 1.82) is 0 Å². The van der Waals surface area contributed by atoms with E-state index in [1.807, 2.05) is 12.1 Å². The average Bonchev–Trinajstić information content (AvgIpc) is 2.68. The number of carboxylic acids is 1. The number of nitrogens with one attached hydrogen (secondary N) is 2. The summed E-state index contributed by atoms with van der Waals surface area (Å²) in [5.74, 6) is -0.782. The van der Waals surface area contributed by atoms with E-state index in [1.54, 1.807) is 0 Å². The van der Waals surface area contributed by atoms with Gasteiger partial charge in [0, 0.05) is 55.0 Å². The van der Waals surface area contributed by atoms with Crippen LogP contribution >= 0.6 is 0 Å². The monoisotopic (exact) mass is 403 g/mol. The van der Waals surface area contributed by atoms with E-state index >= 15 is 0 Å². The van der Waals surface area contributed by atoms with E-state index in [9.17, 15) is 4.79 Å². The van der Waals surface area contributed by atoms with Crippen molar-refractivity contribution in [1.82, 2.24) is 10.2 Å². The fraction of sp³-hybridized carbons (Fsp3) is 0.636. The first kappa shape index (κ1) is 23.2. The summed E-state index contributed by atoms with van der Waals surface area (Å²) in [6, 6.07) is 8.28. The molecule has 3 rings (SSSR count). The van der Waals surface area contributed by atoms with Crippen LogP contribution < -0.4 is 20.6 Å². The third-order valence-electron chi connectivity index (χ3n) is 5.43. The number of carbonyl (C=O) groups excluding carboxylic acids is 2. The smallest absolute Gasteiger partial charge is 0.227 e. The number of carboxylic acid groups (broad SMARTS) is 1. The van der Waals surface area contributed by atoms with Crippen LogP contribution in [0.2, 0.25) is 0 Å². The number of piperidine rings is 1. The Morgan fingerprint density at radius 3 is 2.03 bits per heavy atom. The summed E-state index contributed by atoms with van der Waals surface area (Å²) in [5.41, 5.74) is 2.33. The lowest BCUT2D eigenvalue weighted by Crippen LogP contribution is -2.47. The van der Waals surface area contributed by atoms with Gasteiger partial charge < -0.3 is 25.4 Å². The Hall–Kier alpha value is -2.12. The topological polar surface area (TPSA) is 87.7 Å². The summed E-state index contributed by atoms with van der Waals surface area (Å²) < 4.78 is 0. The molecule has 2 heterocycles. The molecule has 0 aromatic heterocycles. The predicted molar refractivity (Wildman–Crippen MR) is 115 cm³/mol. The highest BCUT2D eigenvalue weighted by atomic mass is 16.4. The Labute approximate surface area is 174 Å². The minimum Gasteiger partial charge on any atom is -0.550 e. The van der Waals surface area contributed by atoms with Gasteiger partial charge in [0.25, 0.3) is 0 Å². The number of benzene rings is 1. The number of carbonyl (C=O) groups is 2. The molecule has 0 aliphatic carbocycles. The lowest BCUT2D eigenvalue weighted by molar-refractivity contribution is -0.302. The molecule has 2 saturated heterocycles. The number of likely N-dealkylation sites (tertiary alicyclic amines) is 1. The van der Waals surface area contributed by atoms with Gasteiger partial charge in [-0.05, 0) is 77.9 Å². The summed E-state index contributed by atoms with van der Waals surface area (Å²) >= 11 is 0. The highest BCUT2D eigenvalue weighted by Gasteiger charge is 2.30. The molecular formula is C22H35N4O3-. The van der Waals surface area contributed by atoms with Gasteiger partial charge in [-0.25, -0.2) is 0 Å². The van der Waals surface area contributed by atoms with Gasteiger partial charge in [-0.15, -0.1) is 0 Å². The Balaban J connectivity index is 0.000000687. The van der Waals surface area contributed by atoms with E-state index in [2.05, 4.69) is 53.3 Å². The van der Waals surface area contributed by atoms with E-state index in [-0.39, 0.29) is 17.4 Å². The standard InChI is InChI=1S/C20H32N4O.C2H4O2/c1-20(2,3)24-12-8-16(9-13-24)19(25)22-17-4-6-18(7-5-17)23-14-10-21-11-15-23;1-2(3)4/h4-7,16,21H,8-15H2,1-3H3,(H,22,25);1H3,(H,3,4)/p-1. The number of aliphatic carboxylic acids is 1. The Morgan fingerprint density at radius 2 is 1.55 bits per heavy atom. The maximum atomic E-state index is 12.6.